The van der Waals surface area contributed by atoms with Gasteiger partial charge >= 0.3 is 0 Å². The quantitative estimate of drug-likeness (QED) is 0.179. The lowest BCUT2D eigenvalue weighted by molar-refractivity contribution is 0.483. The van der Waals surface area contributed by atoms with Crippen LogP contribution in [0.5, 0.6) is 11.5 Å². The highest BCUT2D eigenvalue weighted by atomic mass is 19.1. The van der Waals surface area contributed by atoms with Crippen molar-refractivity contribution >= 4 is 50.2 Å². The fourth-order valence-electron chi connectivity index (χ4n) is 5.93. The second kappa shape index (κ2) is 11.6. The molecule has 0 N–H and O–H groups in total. The molecule has 0 atom stereocenters. The van der Waals surface area contributed by atoms with Crippen LogP contribution in [0.15, 0.2) is 146 Å². The van der Waals surface area contributed by atoms with Crippen LogP contribution in [0.25, 0.3) is 21.8 Å². The van der Waals surface area contributed by atoms with Crippen molar-refractivity contribution in [2.75, 3.05) is 16.3 Å². The highest BCUT2D eigenvalue weighted by Crippen LogP contribution is 2.40. The van der Waals surface area contributed by atoms with E-state index in [0.717, 1.165) is 57.5 Å². The predicted octanol–water partition coefficient (Wildman–Crippen LogP) is 10.9. The van der Waals surface area contributed by atoms with E-state index in [1.165, 1.54) is 22.9 Å². The lowest BCUT2D eigenvalue weighted by Crippen LogP contribution is -2.15. The lowest BCUT2D eigenvalue weighted by Gasteiger charge is -2.26. The maximum atomic E-state index is 13.6. The van der Waals surface area contributed by atoms with E-state index in [1.807, 2.05) is 60.7 Å². The fourth-order valence-corrected chi connectivity index (χ4v) is 5.93. The van der Waals surface area contributed by atoms with Crippen LogP contribution in [0.3, 0.4) is 0 Å². The Morgan fingerprint density at radius 3 is 1.68 bits per heavy atom. The van der Waals surface area contributed by atoms with Crippen LogP contribution in [0.1, 0.15) is 6.92 Å². The van der Waals surface area contributed by atoms with Crippen LogP contribution in [0.4, 0.5) is 32.8 Å². The van der Waals surface area contributed by atoms with Crippen molar-refractivity contribution < 1.29 is 9.13 Å². The van der Waals surface area contributed by atoms with Crippen LogP contribution < -0.4 is 14.5 Å². The van der Waals surface area contributed by atoms with Gasteiger partial charge in [-0.2, -0.15) is 0 Å². The molecule has 0 saturated heterocycles. The molecule has 0 bridgehead atoms. The highest BCUT2D eigenvalue weighted by Gasteiger charge is 2.17. The highest BCUT2D eigenvalue weighted by molar-refractivity contribution is 6.10. The Morgan fingerprint density at radius 1 is 0.545 bits per heavy atom. The molecule has 216 valence electrons. The maximum absolute atomic E-state index is 13.6. The molecule has 7 rings (SSSR count). The van der Waals surface area contributed by atoms with E-state index < -0.39 is 0 Å². The van der Waals surface area contributed by atoms with Crippen molar-refractivity contribution in [1.29, 1.82) is 0 Å². The summed E-state index contributed by atoms with van der Waals surface area (Å²) >= 11 is 0. The van der Waals surface area contributed by atoms with Crippen LogP contribution in [-0.2, 0) is 7.05 Å². The van der Waals surface area contributed by atoms with Gasteiger partial charge in [0.05, 0.1) is 11.0 Å². The Kier molecular flexibility index (Phi) is 7.20. The zero-order chi connectivity index (χ0) is 30.0. The standard InChI is InChI=1S/C39H32FN3O/c1-3-42(29-16-14-28(40)15-17-29)32-20-24-36-37-25-21-33(27-39(37)41(2)38(36)26-32)43(30-10-6-4-7-11-30)31-18-22-35(23-19-31)44-34-12-8-5-9-13-34/h4-27H,3H2,1-2H3. The van der Waals surface area contributed by atoms with E-state index in [1.54, 1.807) is 0 Å². The van der Waals surface area contributed by atoms with Crippen LogP contribution in [-0.4, -0.2) is 11.1 Å². The molecule has 4 nitrogen and oxygen atoms in total. The minimum Gasteiger partial charge on any atom is -0.457 e. The largest absolute Gasteiger partial charge is 0.457 e. The van der Waals surface area contributed by atoms with Gasteiger partial charge in [0.1, 0.15) is 17.3 Å². The topological polar surface area (TPSA) is 20.6 Å². The van der Waals surface area contributed by atoms with E-state index >= 15 is 0 Å². The smallest absolute Gasteiger partial charge is 0.127 e. The third-order valence-corrected chi connectivity index (χ3v) is 8.09. The van der Waals surface area contributed by atoms with E-state index in [0.29, 0.717) is 0 Å². The number of anilines is 5. The summed E-state index contributed by atoms with van der Waals surface area (Å²) < 4.78 is 21.9. The van der Waals surface area contributed by atoms with E-state index in [4.69, 9.17) is 4.74 Å². The van der Waals surface area contributed by atoms with Crippen molar-refractivity contribution in [2.45, 2.75) is 6.92 Å². The molecule has 0 radical (unpaired) electrons. The molecule has 0 aliphatic carbocycles. The molecule has 6 aromatic carbocycles. The zero-order valence-corrected chi connectivity index (χ0v) is 24.7. The minimum absolute atomic E-state index is 0.231. The van der Waals surface area contributed by atoms with Crippen molar-refractivity contribution in [1.82, 2.24) is 4.57 Å². The normalized spacial score (nSPS) is 11.2. The summed E-state index contributed by atoms with van der Waals surface area (Å²) in [7, 11) is 2.12. The molecule has 7 aromatic rings. The third-order valence-electron chi connectivity index (χ3n) is 8.09. The SMILES string of the molecule is CCN(c1ccc(F)cc1)c1ccc2c3ccc(N(c4ccccc4)c4ccc(Oc5ccccc5)cc4)cc3n(C)c2c1. The molecule has 1 heterocycles. The van der Waals surface area contributed by atoms with Gasteiger partial charge in [-0.1, -0.05) is 48.5 Å². The summed E-state index contributed by atoms with van der Waals surface area (Å²) in [5.41, 5.74) is 7.49. The summed E-state index contributed by atoms with van der Waals surface area (Å²) in [6.07, 6.45) is 0. The Morgan fingerprint density at radius 2 is 1.05 bits per heavy atom. The van der Waals surface area contributed by atoms with Crippen molar-refractivity contribution in [2.24, 2.45) is 7.05 Å². The molecule has 0 unspecified atom stereocenters. The maximum Gasteiger partial charge on any atom is 0.127 e. The van der Waals surface area contributed by atoms with Gasteiger partial charge in [0.15, 0.2) is 0 Å². The summed E-state index contributed by atoms with van der Waals surface area (Å²) in [5.74, 6) is 1.37. The van der Waals surface area contributed by atoms with Gasteiger partial charge in [0.2, 0.25) is 0 Å². The number of fused-ring (bicyclic) bond motifs is 3. The zero-order valence-electron chi connectivity index (χ0n) is 24.7. The number of hydrogen-bond acceptors (Lipinski definition) is 3. The average Bonchev–Trinajstić information content (AvgIpc) is 3.34. The summed E-state index contributed by atoms with van der Waals surface area (Å²) in [4.78, 5) is 4.46. The number of para-hydroxylation sites is 2. The van der Waals surface area contributed by atoms with Gasteiger partial charge in [-0.05, 0) is 104 Å². The molecule has 5 heteroatoms. The van der Waals surface area contributed by atoms with Gasteiger partial charge in [-0.15, -0.1) is 0 Å². The predicted molar refractivity (Wildman–Crippen MR) is 181 cm³/mol. The van der Waals surface area contributed by atoms with Gasteiger partial charge in [0.25, 0.3) is 0 Å². The summed E-state index contributed by atoms with van der Waals surface area (Å²) in [6, 6.07) is 48.4. The van der Waals surface area contributed by atoms with Gasteiger partial charge in [-0.3, -0.25) is 0 Å². The van der Waals surface area contributed by atoms with Gasteiger partial charge < -0.3 is 19.1 Å². The molecule has 44 heavy (non-hydrogen) atoms. The lowest BCUT2D eigenvalue weighted by atomic mass is 10.1. The Bertz CT molecular complexity index is 2040. The Labute approximate surface area is 256 Å². The number of aryl methyl sites for hydroxylation is 1. The van der Waals surface area contributed by atoms with Gasteiger partial charge in [-0.25, -0.2) is 4.39 Å². The van der Waals surface area contributed by atoms with Gasteiger partial charge in [0, 0.05) is 52.8 Å². The van der Waals surface area contributed by atoms with Crippen molar-refractivity contribution in [3.8, 4) is 11.5 Å². The molecule has 0 aliphatic heterocycles. The molecule has 0 aliphatic rings. The minimum atomic E-state index is -0.231. The first-order valence-corrected chi connectivity index (χ1v) is 14.8. The van der Waals surface area contributed by atoms with E-state index in [-0.39, 0.29) is 5.82 Å². The summed E-state index contributed by atoms with van der Waals surface area (Å²) in [6.45, 7) is 2.88. The van der Waals surface area contributed by atoms with Crippen LogP contribution >= 0.6 is 0 Å². The Balaban J connectivity index is 1.28. The molecule has 0 fully saturated rings. The Hall–Kier alpha value is -5.55. The number of rotatable bonds is 8. The number of ether oxygens (including phenoxy) is 1. The van der Waals surface area contributed by atoms with E-state index in [2.05, 4.69) is 101 Å². The monoisotopic (exact) mass is 577 g/mol. The average molecular weight is 578 g/mol. The first-order chi connectivity index (χ1) is 21.6. The summed E-state index contributed by atoms with van der Waals surface area (Å²) in [5, 5.41) is 2.39. The first-order valence-electron chi connectivity index (χ1n) is 14.8. The van der Waals surface area contributed by atoms with Crippen molar-refractivity contribution in [3.05, 3.63) is 151 Å². The van der Waals surface area contributed by atoms with E-state index in [9.17, 15) is 4.39 Å². The number of hydrogen-bond donors (Lipinski definition) is 0. The first kappa shape index (κ1) is 27.3. The second-order valence-electron chi connectivity index (χ2n) is 10.8. The number of benzene rings is 6. The molecular formula is C39H32FN3O. The second-order valence-corrected chi connectivity index (χ2v) is 10.8. The molecule has 1 aromatic heterocycles. The molecular weight excluding hydrogens is 545 g/mol. The molecule has 0 spiro atoms. The van der Waals surface area contributed by atoms with Crippen molar-refractivity contribution in [3.63, 3.8) is 0 Å². The number of nitrogens with zero attached hydrogens (tertiary/aromatic N) is 3. The third kappa shape index (κ3) is 5.13. The fraction of sp³-hybridized carbons (Fsp3) is 0.0769. The number of aromatic nitrogens is 1. The van der Waals surface area contributed by atoms with Crippen LogP contribution in [0.2, 0.25) is 0 Å². The van der Waals surface area contributed by atoms with Crippen LogP contribution in [0, 0.1) is 5.82 Å². The molecule has 0 amide bonds. The molecule has 0 saturated carbocycles. The number of halogens is 1.